The maximum absolute atomic E-state index is 12.8. The Kier molecular flexibility index (Phi) is 5.54. The number of Topliss-reactive ketones (excluding diaryl/α,β-unsaturated/α-hetero) is 1. The van der Waals surface area contributed by atoms with Gasteiger partial charge in [0.15, 0.2) is 35.4 Å². The molecule has 3 rings (SSSR count). The monoisotopic (exact) mass is 383 g/mol. The zero-order chi connectivity index (χ0) is 20.3. The number of methoxy groups -OCH3 is 3. The van der Waals surface area contributed by atoms with Crippen LogP contribution in [0.4, 0.5) is 0 Å². The normalized spacial score (nSPS) is 14.0. The first-order valence-corrected chi connectivity index (χ1v) is 8.56. The van der Waals surface area contributed by atoms with Crippen LogP contribution < -0.4 is 24.7 Å². The van der Waals surface area contributed by atoms with Gasteiger partial charge in [0, 0.05) is 17.6 Å². The van der Waals surface area contributed by atoms with Crippen LogP contribution >= 0.6 is 0 Å². The Morgan fingerprint density at radius 3 is 2.32 bits per heavy atom. The third-order valence-electron chi connectivity index (χ3n) is 4.43. The zero-order valence-corrected chi connectivity index (χ0v) is 15.9. The fourth-order valence-corrected chi connectivity index (χ4v) is 3.10. The number of benzene rings is 2. The van der Waals surface area contributed by atoms with Crippen molar-refractivity contribution in [1.29, 1.82) is 0 Å². The van der Waals surface area contributed by atoms with Gasteiger partial charge in [0.25, 0.3) is 5.91 Å². The van der Waals surface area contributed by atoms with Crippen molar-refractivity contribution >= 4 is 17.8 Å². The maximum atomic E-state index is 12.8. The fourth-order valence-electron chi connectivity index (χ4n) is 3.10. The summed E-state index contributed by atoms with van der Waals surface area (Å²) in [6.07, 6.45) is 2.27. The summed E-state index contributed by atoms with van der Waals surface area (Å²) in [6.45, 7) is -0.264. The van der Waals surface area contributed by atoms with Crippen LogP contribution in [0.15, 0.2) is 35.9 Å². The Labute approximate surface area is 162 Å². The zero-order valence-electron chi connectivity index (χ0n) is 15.9. The number of primary amides is 1. The first-order chi connectivity index (χ1) is 13.5. The number of allylic oxidation sites excluding steroid dienone is 1. The molecule has 0 aromatic heterocycles. The lowest BCUT2D eigenvalue weighted by atomic mass is 10.1. The van der Waals surface area contributed by atoms with Gasteiger partial charge in [-0.2, -0.15) is 0 Å². The third kappa shape index (κ3) is 3.78. The molecule has 7 nitrogen and oxygen atoms in total. The van der Waals surface area contributed by atoms with Crippen molar-refractivity contribution in [2.24, 2.45) is 5.73 Å². The summed E-state index contributed by atoms with van der Waals surface area (Å²) in [5, 5.41) is 0. The van der Waals surface area contributed by atoms with E-state index < -0.39 is 5.91 Å². The van der Waals surface area contributed by atoms with Crippen molar-refractivity contribution in [3.8, 4) is 23.0 Å². The molecule has 2 aromatic rings. The molecule has 28 heavy (non-hydrogen) atoms. The van der Waals surface area contributed by atoms with Crippen molar-refractivity contribution in [2.75, 3.05) is 27.9 Å². The van der Waals surface area contributed by atoms with Gasteiger partial charge in [0.05, 0.1) is 21.3 Å². The van der Waals surface area contributed by atoms with E-state index in [1.165, 1.54) is 14.2 Å². The molecule has 0 radical (unpaired) electrons. The number of hydrogen-bond donors (Lipinski definition) is 1. The Hall–Kier alpha value is -3.48. The van der Waals surface area contributed by atoms with Gasteiger partial charge in [-0.05, 0) is 41.5 Å². The second kappa shape index (κ2) is 8.04. The van der Waals surface area contributed by atoms with E-state index in [1.54, 1.807) is 37.5 Å². The fraction of sp³-hybridized carbons (Fsp3) is 0.238. The smallest absolute Gasteiger partial charge is 0.255 e. The van der Waals surface area contributed by atoms with E-state index in [4.69, 9.17) is 24.7 Å². The van der Waals surface area contributed by atoms with E-state index >= 15 is 0 Å². The molecule has 0 bridgehead atoms. The van der Waals surface area contributed by atoms with Crippen LogP contribution in [0.2, 0.25) is 0 Å². The second-order valence-corrected chi connectivity index (χ2v) is 6.21. The lowest BCUT2D eigenvalue weighted by Gasteiger charge is -2.10. The molecule has 0 unspecified atom stereocenters. The highest BCUT2D eigenvalue weighted by atomic mass is 16.5. The molecule has 0 aliphatic heterocycles. The van der Waals surface area contributed by atoms with Gasteiger partial charge in [-0.25, -0.2) is 0 Å². The Morgan fingerprint density at radius 1 is 1.00 bits per heavy atom. The molecule has 0 fully saturated rings. The van der Waals surface area contributed by atoms with Gasteiger partial charge >= 0.3 is 0 Å². The molecule has 0 saturated carbocycles. The standard InChI is InChI=1S/C21H21NO6/c1-25-16-5-4-12(7-19(16)28-11-20(22)23)6-14-8-13-9-17(26-2)18(27-3)10-15(13)21(14)24/h4-7,9-10H,8,11H2,1-3H3,(H2,22,23)/b14-6-. The molecular formula is C21H21NO6. The number of hydrogen-bond acceptors (Lipinski definition) is 6. The minimum atomic E-state index is -0.588. The summed E-state index contributed by atoms with van der Waals surface area (Å²) in [4.78, 5) is 23.8. The van der Waals surface area contributed by atoms with E-state index in [9.17, 15) is 9.59 Å². The van der Waals surface area contributed by atoms with Crippen molar-refractivity contribution in [2.45, 2.75) is 6.42 Å². The highest BCUT2D eigenvalue weighted by Gasteiger charge is 2.27. The highest BCUT2D eigenvalue weighted by Crippen LogP contribution is 2.37. The highest BCUT2D eigenvalue weighted by molar-refractivity contribution is 6.16. The molecule has 1 amide bonds. The summed E-state index contributed by atoms with van der Waals surface area (Å²) in [5.41, 5.74) is 8.00. The average Bonchev–Trinajstić information content (AvgIpc) is 2.99. The summed E-state index contributed by atoms with van der Waals surface area (Å²) >= 11 is 0. The molecule has 2 aromatic carbocycles. The summed E-state index contributed by atoms with van der Waals surface area (Å²) in [7, 11) is 4.59. The largest absolute Gasteiger partial charge is 0.493 e. The molecule has 0 heterocycles. The Bertz CT molecular complexity index is 964. The number of ether oxygens (including phenoxy) is 4. The number of nitrogens with two attached hydrogens (primary N) is 1. The Balaban J connectivity index is 1.92. The molecule has 7 heteroatoms. The van der Waals surface area contributed by atoms with Crippen LogP contribution in [0.1, 0.15) is 21.5 Å². The molecule has 1 aliphatic carbocycles. The number of carbonyl (C=O) groups is 2. The number of rotatable bonds is 7. The Morgan fingerprint density at radius 2 is 1.68 bits per heavy atom. The molecule has 2 N–H and O–H groups in total. The van der Waals surface area contributed by atoms with E-state index in [0.717, 1.165) is 11.1 Å². The van der Waals surface area contributed by atoms with Crippen molar-refractivity contribution < 1.29 is 28.5 Å². The second-order valence-electron chi connectivity index (χ2n) is 6.21. The average molecular weight is 383 g/mol. The van der Waals surface area contributed by atoms with Crippen LogP contribution in [0, 0.1) is 0 Å². The van der Waals surface area contributed by atoms with Gasteiger partial charge in [-0.3, -0.25) is 9.59 Å². The third-order valence-corrected chi connectivity index (χ3v) is 4.43. The molecular weight excluding hydrogens is 362 g/mol. The summed E-state index contributed by atoms with van der Waals surface area (Å²) in [6, 6.07) is 8.74. The van der Waals surface area contributed by atoms with Gasteiger partial charge in [0.1, 0.15) is 0 Å². The summed E-state index contributed by atoms with van der Waals surface area (Å²) in [5.74, 6) is 1.30. The van der Waals surface area contributed by atoms with E-state index in [2.05, 4.69) is 0 Å². The number of fused-ring (bicyclic) bond motifs is 1. The topological polar surface area (TPSA) is 97.1 Å². The minimum Gasteiger partial charge on any atom is -0.493 e. The molecule has 0 spiro atoms. The van der Waals surface area contributed by atoms with Crippen LogP contribution in [-0.4, -0.2) is 39.6 Å². The molecule has 0 atom stereocenters. The first-order valence-electron chi connectivity index (χ1n) is 8.56. The molecule has 146 valence electrons. The van der Waals surface area contributed by atoms with Crippen LogP contribution in [0.25, 0.3) is 6.08 Å². The van der Waals surface area contributed by atoms with Crippen LogP contribution in [0.3, 0.4) is 0 Å². The lowest BCUT2D eigenvalue weighted by molar-refractivity contribution is -0.119. The maximum Gasteiger partial charge on any atom is 0.255 e. The van der Waals surface area contributed by atoms with E-state index in [0.29, 0.717) is 40.6 Å². The van der Waals surface area contributed by atoms with Crippen molar-refractivity contribution in [1.82, 2.24) is 0 Å². The van der Waals surface area contributed by atoms with E-state index in [1.807, 2.05) is 6.07 Å². The predicted molar refractivity (Wildman–Crippen MR) is 103 cm³/mol. The van der Waals surface area contributed by atoms with Crippen LogP contribution in [-0.2, 0) is 11.2 Å². The molecule has 0 saturated heterocycles. The van der Waals surface area contributed by atoms with E-state index in [-0.39, 0.29) is 12.4 Å². The number of amides is 1. The van der Waals surface area contributed by atoms with Gasteiger partial charge in [-0.15, -0.1) is 0 Å². The van der Waals surface area contributed by atoms with Gasteiger partial charge in [-0.1, -0.05) is 6.07 Å². The number of carbonyl (C=O) groups excluding carboxylic acids is 2. The van der Waals surface area contributed by atoms with Crippen molar-refractivity contribution in [3.63, 3.8) is 0 Å². The first kappa shape index (κ1) is 19.3. The van der Waals surface area contributed by atoms with Gasteiger partial charge in [0.2, 0.25) is 0 Å². The van der Waals surface area contributed by atoms with Gasteiger partial charge < -0.3 is 24.7 Å². The quantitative estimate of drug-likeness (QED) is 0.738. The lowest BCUT2D eigenvalue weighted by Crippen LogP contribution is -2.20. The molecule has 1 aliphatic rings. The van der Waals surface area contributed by atoms with Crippen molar-refractivity contribution in [3.05, 3.63) is 52.6 Å². The SMILES string of the molecule is COc1cc2c(cc1OC)C(=O)/C(=C\c1ccc(OC)c(OCC(N)=O)c1)C2. The summed E-state index contributed by atoms with van der Waals surface area (Å²) < 4.78 is 21.2. The predicted octanol–water partition coefficient (Wildman–Crippen LogP) is 2.40. The number of ketones is 1. The van der Waals surface area contributed by atoms with Crippen LogP contribution in [0.5, 0.6) is 23.0 Å². The minimum absolute atomic E-state index is 0.0635.